The molecule has 0 atom stereocenters. The van der Waals surface area contributed by atoms with E-state index in [-0.39, 0.29) is 5.91 Å². The third kappa shape index (κ3) is 4.35. The Morgan fingerprint density at radius 2 is 1.79 bits per heavy atom. The number of amides is 1. The van der Waals surface area contributed by atoms with Crippen molar-refractivity contribution in [3.63, 3.8) is 0 Å². The standard InChI is InChI=1S/C24H32N4O/c1-17(2)27-14-12-20(13-15-27)23-25-18(3)21-9-10-22(29)28(24(21)26-23)16-11-19-7-5-4-6-8-19/h4-8,17,20H,9-16H2,1-3H3. The summed E-state index contributed by atoms with van der Waals surface area (Å²) in [5.74, 6) is 2.38. The number of aromatic nitrogens is 2. The molecule has 2 aromatic rings. The van der Waals surface area contributed by atoms with Crippen LogP contribution in [-0.2, 0) is 17.6 Å². The van der Waals surface area contributed by atoms with Crippen LogP contribution in [0, 0.1) is 6.92 Å². The van der Waals surface area contributed by atoms with Crippen LogP contribution in [0.3, 0.4) is 0 Å². The lowest BCUT2D eigenvalue weighted by Gasteiger charge is -2.35. The molecule has 154 valence electrons. The van der Waals surface area contributed by atoms with E-state index < -0.39 is 0 Å². The molecule has 0 saturated carbocycles. The zero-order valence-electron chi connectivity index (χ0n) is 17.9. The second-order valence-corrected chi connectivity index (χ2v) is 8.65. The van der Waals surface area contributed by atoms with E-state index >= 15 is 0 Å². The predicted molar refractivity (Wildman–Crippen MR) is 116 cm³/mol. The van der Waals surface area contributed by atoms with E-state index in [0.29, 0.717) is 24.9 Å². The number of anilines is 1. The van der Waals surface area contributed by atoms with Crippen molar-refractivity contribution in [2.24, 2.45) is 0 Å². The maximum atomic E-state index is 12.8. The topological polar surface area (TPSA) is 49.3 Å². The molecule has 0 aliphatic carbocycles. The van der Waals surface area contributed by atoms with Gasteiger partial charge in [-0.15, -0.1) is 0 Å². The fraction of sp³-hybridized carbons (Fsp3) is 0.542. The monoisotopic (exact) mass is 392 g/mol. The Balaban J connectivity index is 1.56. The van der Waals surface area contributed by atoms with Gasteiger partial charge in [-0.25, -0.2) is 9.97 Å². The van der Waals surface area contributed by atoms with Crippen molar-refractivity contribution in [1.82, 2.24) is 14.9 Å². The lowest BCUT2D eigenvalue weighted by atomic mass is 9.94. The van der Waals surface area contributed by atoms with E-state index in [2.05, 4.69) is 49.9 Å². The van der Waals surface area contributed by atoms with Gasteiger partial charge in [0, 0.05) is 36.2 Å². The number of piperidine rings is 1. The van der Waals surface area contributed by atoms with Gasteiger partial charge in [0.15, 0.2) is 0 Å². The largest absolute Gasteiger partial charge is 0.301 e. The molecule has 1 saturated heterocycles. The normalized spacial score (nSPS) is 18.3. The van der Waals surface area contributed by atoms with E-state index in [1.165, 1.54) is 5.56 Å². The maximum absolute atomic E-state index is 12.8. The highest BCUT2D eigenvalue weighted by atomic mass is 16.2. The second-order valence-electron chi connectivity index (χ2n) is 8.65. The predicted octanol–water partition coefficient (Wildman–Crippen LogP) is 3.89. The molecule has 0 radical (unpaired) electrons. The summed E-state index contributed by atoms with van der Waals surface area (Å²) in [6, 6.07) is 11.0. The summed E-state index contributed by atoms with van der Waals surface area (Å²) in [5, 5.41) is 0. The van der Waals surface area contributed by atoms with Crippen LogP contribution in [0.4, 0.5) is 5.82 Å². The number of rotatable bonds is 5. The number of likely N-dealkylation sites (tertiary alicyclic amines) is 1. The average molecular weight is 393 g/mol. The molecule has 0 N–H and O–H groups in total. The van der Waals surface area contributed by atoms with Crippen LogP contribution in [0.1, 0.15) is 61.7 Å². The van der Waals surface area contributed by atoms with Crippen LogP contribution in [0.2, 0.25) is 0 Å². The zero-order valence-corrected chi connectivity index (χ0v) is 17.9. The molecule has 3 heterocycles. The van der Waals surface area contributed by atoms with Gasteiger partial charge in [-0.2, -0.15) is 0 Å². The summed E-state index contributed by atoms with van der Waals surface area (Å²) in [6.07, 6.45) is 4.34. The quantitative estimate of drug-likeness (QED) is 0.774. The molecule has 1 fully saturated rings. The molecule has 0 bridgehead atoms. The minimum Gasteiger partial charge on any atom is -0.301 e. The molecule has 0 unspecified atom stereocenters. The Bertz CT molecular complexity index is 857. The lowest BCUT2D eigenvalue weighted by Crippen LogP contribution is -2.40. The minimum atomic E-state index is 0.187. The van der Waals surface area contributed by atoms with Crippen molar-refractivity contribution in [3.05, 3.63) is 53.0 Å². The Labute approximate surface area is 174 Å². The zero-order chi connectivity index (χ0) is 20.4. The first-order valence-corrected chi connectivity index (χ1v) is 11.0. The summed E-state index contributed by atoms with van der Waals surface area (Å²) in [4.78, 5) is 27.1. The van der Waals surface area contributed by atoms with Gasteiger partial charge in [0.05, 0.1) is 0 Å². The minimum absolute atomic E-state index is 0.187. The third-order valence-electron chi connectivity index (χ3n) is 6.45. The van der Waals surface area contributed by atoms with Gasteiger partial charge in [0.2, 0.25) is 5.91 Å². The van der Waals surface area contributed by atoms with Gasteiger partial charge < -0.3 is 4.90 Å². The van der Waals surface area contributed by atoms with Gasteiger partial charge in [0.1, 0.15) is 11.6 Å². The first kappa shape index (κ1) is 20.0. The number of nitrogens with zero attached hydrogens (tertiary/aromatic N) is 4. The molecular weight excluding hydrogens is 360 g/mol. The highest BCUT2D eigenvalue weighted by Gasteiger charge is 2.30. The van der Waals surface area contributed by atoms with Crippen LogP contribution in [0.25, 0.3) is 0 Å². The maximum Gasteiger partial charge on any atom is 0.228 e. The SMILES string of the molecule is Cc1nc(C2CCN(C(C)C)CC2)nc2c1CCC(=O)N2CCc1ccccc1. The molecule has 1 amide bonds. The first-order valence-electron chi connectivity index (χ1n) is 11.0. The summed E-state index contributed by atoms with van der Waals surface area (Å²) in [7, 11) is 0. The fourth-order valence-corrected chi connectivity index (χ4v) is 4.58. The van der Waals surface area contributed by atoms with Gasteiger partial charge >= 0.3 is 0 Å². The number of aryl methyl sites for hydroxylation is 1. The Kier molecular flexibility index (Phi) is 5.95. The summed E-state index contributed by atoms with van der Waals surface area (Å²) in [5.41, 5.74) is 3.45. The molecule has 0 spiro atoms. The van der Waals surface area contributed by atoms with Gasteiger partial charge in [-0.3, -0.25) is 9.69 Å². The van der Waals surface area contributed by atoms with Crippen LogP contribution in [-0.4, -0.2) is 46.5 Å². The fourth-order valence-electron chi connectivity index (χ4n) is 4.58. The molecule has 2 aliphatic heterocycles. The molecule has 29 heavy (non-hydrogen) atoms. The Morgan fingerprint density at radius 1 is 1.07 bits per heavy atom. The summed E-state index contributed by atoms with van der Waals surface area (Å²) in [6.45, 7) is 9.47. The van der Waals surface area contributed by atoms with Gasteiger partial charge in [-0.1, -0.05) is 30.3 Å². The van der Waals surface area contributed by atoms with E-state index in [4.69, 9.17) is 9.97 Å². The number of benzene rings is 1. The molecule has 5 nitrogen and oxygen atoms in total. The summed E-state index contributed by atoms with van der Waals surface area (Å²) >= 11 is 0. The smallest absolute Gasteiger partial charge is 0.228 e. The molecule has 1 aromatic carbocycles. The molecule has 2 aliphatic rings. The molecule has 1 aromatic heterocycles. The lowest BCUT2D eigenvalue weighted by molar-refractivity contribution is -0.118. The molecule has 4 rings (SSSR count). The number of hydrogen-bond donors (Lipinski definition) is 0. The van der Waals surface area contributed by atoms with Crippen molar-refractivity contribution < 1.29 is 4.79 Å². The van der Waals surface area contributed by atoms with Crippen molar-refractivity contribution in [2.75, 3.05) is 24.5 Å². The highest BCUT2D eigenvalue weighted by molar-refractivity contribution is 5.95. The number of carbonyl (C=O) groups is 1. The second kappa shape index (κ2) is 8.62. The molecule has 5 heteroatoms. The van der Waals surface area contributed by atoms with Crippen molar-refractivity contribution >= 4 is 11.7 Å². The van der Waals surface area contributed by atoms with Crippen LogP contribution < -0.4 is 4.90 Å². The Hall–Kier alpha value is -2.27. The first-order chi connectivity index (χ1) is 14.0. The number of carbonyl (C=O) groups excluding carboxylic acids is 1. The van der Waals surface area contributed by atoms with Crippen molar-refractivity contribution in [2.45, 2.75) is 64.8 Å². The van der Waals surface area contributed by atoms with Crippen molar-refractivity contribution in [1.29, 1.82) is 0 Å². The van der Waals surface area contributed by atoms with E-state index in [1.54, 1.807) is 0 Å². The Morgan fingerprint density at radius 3 is 2.48 bits per heavy atom. The van der Waals surface area contributed by atoms with E-state index in [1.807, 2.05) is 11.0 Å². The van der Waals surface area contributed by atoms with E-state index in [9.17, 15) is 4.79 Å². The highest BCUT2D eigenvalue weighted by Crippen LogP contribution is 2.33. The van der Waals surface area contributed by atoms with Crippen LogP contribution in [0.5, 0.6) is 0 Å². The van der Waals surface area contributed by atoms with Crippen molar-refractivity contribution in [3.8, 4) is 0 Å². The van der Waals surface area contributed by atoms with Gasteiger partial charge in [0.25, 0.3) is 0 Å². The number of fused-ring (bicyclic) bond motifs is 1. The van der Waals surface area contributed by atoms with Crippen LogP contribution >= 0.6 is 0 Å². The van der Waals surface area contributed by atoms with Crippen LogP contribution in [0.15, 0.2) is 30.3 Å². The summed E-state index contributed by atoms with van der Waals surface area (Å²) < 4.78 is 0. The van der Waals surface area contributed by atoms with E-state index in [0.717, 1.165) is 61.7 Å². The molecular formula is C24H32N4O. The third-order valence-corrected chi connectivity index (χ3v) is 6.45. The van der Waals surface area contributed by atoms with Gasteiger partial charge in [-0.05, 0) is 65.1 Å². The number of hydrogen-bond acceptors (Lipinski definition) is 4. The average Bonchev–Trinajstić information content (AvgIpc) is 2.73.